The summed E-state index contributed by atoms with van der Waals surface area (Å²) in [5, 5.41) is 8.75. The van der Waals surface area contributed by atoms with Crippen LogP contribution < -0.4 is 5.73 Å². The van der Waals surface area contributed by atoms with Crippen LogP contribution in [-0.4, -0.2) is 30.1 Å². The Kier molecular flexibility index (Phi) is 4.97. The average molecular weight is 183 g/mol. The lowest BCUT2D eigenvalue weighted by atomic mass is 10.0. The molecule has 13 heavy (non-hydrogen) atoms. The van der Waals surface area contributed by atoms with Crippen LogP contribution in [0.25, 0.3) is 0 Å². The Hall–Kier alpha value is -0.590. The van der Waals surface area contributed by atoms with Crippen LogP contribution in [0.2, 0.25) is 0 Å². The lowest BCUT2D eigenvalue weighted by molar-refractivity contribution is 0.217. The van der Waals surface area contributed by atoms with Crippen molar-refractivity contribution < 1.29 is 0 Å². The summed E-state index contributed by atoms with van der Waals surface area (Å²) in [5.74, 6) is 0. The summed E-state index contributed by atoms with van der Waals surface area (Å²) < 4.78 is 0. The van der Waals surface area contributed by atoms with Gasteiger partial charge in [0.2, 0.25) is 0 Å². The second kappa shape index (κ2) is 5.21. The molecule has 0 aliphatic heterocycles. The summed E-state index contributed by atoms with van der Waals surface area (Å²) in [6.07, 6.45) is 2.32. The first-order valence-electron chi connectivity index (χ1n) is 4.83. The summed E-state index contributed by atoms with van der Waals surface area (Å²) in [6, 6.07) is 2.61. The van der Waals surface area contributed by atoms with Gasteiger partial charge in [0, 0.05) is 12.6 Å². The normalized spacial score (nSPS) is 17.9. The number of nitrogens with zero attached hydrogens (tertiary/aromatic N) is 2. The molecule has 0 spiro atoms. The van der Waals surface area contributed by atoms with E-state index in [1.807, 2.05) is 7.05 Å². The van der Waals surface area contributed by atoms with Gasteiger partial charge in [0.1, 0.15) is 5.54 Å². The predicted octanol–water partition coefficient (Wildman–Crippen LogP) is 1.35. The number of nitriles is 1. The average Bonchev–Trinajstić information content (AvgIpc) is 2.04. The minimum atomic E-state index is -0.725. The fraction of sp³-hybridized carbons (Fsp3) is 0.900. The number of hydrogen-bond acceptors (Lipinski definition) is 3. The molecule has 2 unspecified atom stereocenters. The molecule has 2 N–H and O–H groups in total. The maximum Gasteiger partial charge on any atom is 0.114 e. The van der Waals surface area contributed by atoms with E-state index in [9.17, 15) is 0 Å². The van der Waals surface area contributed by atoms with E-state index in [1.165, 1.54) is 6.42 Å². The van der Waals surface area contributed by atoms with E-state index < -0.39 is 5.54 Å². The lowest BCUT2D eigenvalue weighted by Crippen LogP contribution is -2.47. The number of rotatable bonds is 5. The van der Waals surface area contributed by atoms with Gasteiger partial charge in [0.15, 0.2) is 0 Å². The standard InChI is InChI=1S/C10H21N3/c1-5-6-9(2)13(4)8-10(3,12)7-11/h9H,5-6,8,12H2,1-4H3. The highest BCUT2D eigenvalue weighted by atomic mass is 15.1. The van der Waals surface area contributed by atoms with Gasteiger partial charge >= 0.3 is 0 Å². The Balaban J connectivity index is 4.00. The highest BCUT2D eigenvalue weighted by molar-refractivity contribution is 5.03. The SMILES string of the molecule is CCCC(C)N(C)CC(C)(N)C#N. The monoisotopic (exact) mass is 183 g/mol. The Bertz CT molecular complexity index is 181. The fourth-order valence-electron chi connectivity index (χ4n) is 1.35. The van der Waals surface area contributed by atoms with Crippen molar-refractivity contribution >= 4 is 0 Å². The van der Waals surface area contributed by atoms with Crippen molar-refractivity contribution in [1.82, 2.24) is 4.90 Å². The highest BCUT2D eigenvalue weighted by Crippen LogP contribution is 2.07. The third-order valence-corrected chi connectivity index (χ3v) is 2.29. The molecule has 0 amide bonds. The van der Waals surface area contributed by atoms with Gasteiger partial charge in [-0.2, -0.15) is 5.26 Å². The molecule has 0 heterocycles. The lowest BCUT2D eigenvalue weighted by Gasteiger charge is -2.29. The zero-order valence-electron chi connectivity index (χ0n) is 9.17. The van der Waals surface area contributed by atoms with E-state index >= 15 is 0 Å². The molecule has 0 aliphatic carbocycles. The molecule has 2 atom stereocenters. The Morgan fingerprint density at radius 1 is 1.62 bits per heavy atom. The van der Waals surface area contributed by atoms with E-state index in [-0.39, 0.29) is 0 Å². The molecular formula is C10H21N3. The van der Waals surface area contributed by atoms with Crippen LogP contribution in [0.1, 0.15) is 33.6 Å². The minimum Gasteiger partial charge on any atom is -0.313 e. The molecule has 3 heteroatoms. The van der Waals surface area contributed by atoms with Gasteiger partial charge in [0.05, 0.1) is 6.07 Å². The maximum absolute atomic E-state index is 8.75. The molecule has 0 saturated carbocycles. The van der Waals surface area contributed by atoms with E-state index in [2.05, 4.69) is 24.8 Å². The van der Waals surface area contributed by atoms with Crippen molar-refractivity contribution in [2.75, 3.05) is 13.6 Å². The van der Waals surface area contributed by atoms with Crippen molar-refractivity contribution in [3.63, 3.8) is 0 Å². The number of hydrogen-bond donors (Lipinski definition) is 1. The van der Waals surface area contributed by atoms with Gasteiger partial charge in [-0.05, 0) is 27.3 Å². The topological polar surface area (TPSA) is 53.0 Å². The van der Waals surface area contributed by atoms with Crippen LogP contribution >= 0.6 is 0 Å². The molecular weight excluding hydrogens is 162 g/mol. The van der Waals surface area contributed by atoms with Crippen LogP contribution in [0, 0.1) is 11.3 Å². The summed E-state index contributed by atoms with van der Waals surface area (Å²) in [4.78, 5) is 2.15. The molecule has 0 aliphatic rings. The molecule has 0 bridgehead atoms. The van der Waals surface area contributed by atoms with Gasteiger partial charge in [-0.25, -0.2) is 0 Å². The first-order chi connectivity index (χ1) is 5.93. The number of nitrogens with two attached hydrogens (primary N) is 1. The molecule has 0 saturated heterocycles. The van der Waals surface area contributed by atoms with Crippen molar-refractivity contribution in [3.8, 4) is 6.07 Å². The maximum atomic E-state index is 8.75. The van der Waals surface area contributed by atoms with Crippen LogP contribution in [-0.2, 0) is 0 Å². The Labute approximate surface area is 81.5 Å². The van der Waals surface area contributed by atoms with Gasteiger partial charge < -0.3 is 10.6 Å². The summed E-state index contributed by atoms with van der Waals surface area (Å²) in [7, 11) is 2.02. The Morgan fingerprint density at radius 3 is 2.54 bits per heavy atom. The third kappa shape index (κ3) is 4.87. The molecule has 0 aromatic heterocycles. The third-order valence-electron chi connectivity index (χ3n) is 2.29. The quantitative estimate of drug-likeness (QED) is 0.700. The predicted molar refractivity (Wildman–Crippen MR) is 55.2 cm³/mol. The van der Waals surface area contributed by atoms with Crippen LogP contribution in [0.5, 0.6) is 0 Å². The zero-order chi connectivity index (χ0) is 10.5. The second-order valence-electron chi connectivity index (χ2n) is 4.08. The first kappa shape index (κ1) is 12.4. The van der Waals surface area contributed by atoms with Gasteiger partial charge in [-0.15, -0.1) is 0 Å². The molecule has 0 rings (SSSR count). The van der Waals surface area contributed by atoms with Crippen molar-refractivity contribution in [3.05, 3.63) is 0 Å². The van der Waals surface area contributed by atoms with Crippen LogP contribution in [0.4, 0.5) is 0 Å². The van der Waals surface area contributed by atoms with Crippen molar-refractivity contribution in [1.29, 1.82) is 5.26 Å². The molecule has 0 radical (unpaired) electrons. The fourth-order valence-corrected chi connectivity index (χ4v) is 1.35. The van der Waals surface area contributed by atoms with E-state index in [0.29, 0.717) is 12.6 Å². The van der Waals surface area contributed by atoms with Gasteiger partial charge in [-0.3, -0.25) is 0 Å². The molecule has 0 fully saturated rings. The van der Waals surface area contributed by atoms with Crippen LogP contribution in [0.3, 0.4) is 0 Å². The second-order valence-corrected chi connectivity index (χ2v) is 4.08. The smallest absolute Gasteiger partial charge is 0.114 e. The van der Waals surface area contributed by atoms with Crippen LogP contribution in [0.15, 0.2) is 0 Å². The molecule has 76 valence electrons. The van der Waals surface area contributed by atoms with Gasteiger partial charge in [-0.1, -0.05) is 13.3 Å². The van der Waals surface area contributed by atoms with E-state index in [0.717, 1.165) is 6.42 Å². The largest absolute Gasteiger partial charge is 0.313 e. The summed E-state index contributed by atoms with van der Waals surface area (Å²) in [5.41, 5.74) is 5.02. The molecule has 0 aromatic carbocycles. The zero-order valence-corrected chi connectivity index (χ0v) is 9.17. The van der Waals surface area contributed by atoms with Crippen molar-refractivity contribution in [2.45, 2.75) is 45.2 Å². The summed E-state index contributed by atoms with van der Waals surface area (Å²) >= 11 is 0. The van der Waals surface area contributed by atoms with Gasteiger partial charge in [0.25, 0.3) is 0 Å². The Morgan fingerprint density at radius 2 is 2.15 bits per heavy atom. The molecule has 3 nitrogen and oxygen atoms in total. The minimum absolute atomic E-state index is 0.501. The molecule has 0 aromatic rings. The van der Waals surface area contributed by atoms with Crippen molar-refractivity contribution in [2.24, 2.45) is 5.73 Å². The van der Waals surface area contributed by atoms with E-state index in [1.54, 1.807) is 6.92 Å². The summed E-state index contributed by atoms with van der Waals surface area (Å²) in [6.45, 7) is 6.72. The highest BCUT2D eigenvalue weighted by Gasteiger charge is 2.21. The number of likely N-dealkylation sites (N-methyl/N-ethyl adjacent to an activating group) is 1. The first-order valence-corrected chi connectivity index (χ1v) is 4.83. The van der Waals surface area contributed by atoms with E-state index in [4.69, 9.17) is 11.0 Å².